The molecular formula is C44H66O4Si. The minimum Gasteiger partial charge on any atom is -0.481 e. The SMILES string of the molecule is C=C(C)[C@@]1([SiH](C)C)C(C(C)(C)C)C[C@@]2(C(=O)O)CC[C@]3(C)[C@H](CC[C@@H]4[C@@]5(C)CC=C(c6ccc(C(=O)OC)cc6)C(C)(C)[C@@H]5CC[C@]43C)[C@H]21. The Morgan fingerprint density at radius 1 is 0.918 bits per heavy atom. The van der Waals surface area contributed by atoms with Crippen molar-refractivity contribution in [2.24, 2.45) is 62.1 Å². The molecule has 1 unspecified atom stereocenters. The lowest BCUT2D eigenvalue weighted by molar-refractivity contribution is -0.227. The zero-order chi connectivity index (χ0) is 36.3. The van der Waals surface area contributed by atoms with E-state index in [9.17, 15) is 14.7 Å². The lowest BCUT2D eigenvalue weighted by Crippen LogP contribution is -2.66. The van der Waals surface area contributed by atoms with Crippen LogP contribution in [0.5, 0.6) is 0 Å². The molecule has 4 saturated carbocycles. The molecule has 270 valence electrons. The quantitative estimate of drug-likeness (QED) is 0.190. The van der Waals surface area contributed by atoms with Gasteiger partial charge in [-0.1, -0.05) is 98.8 Å². The summed E-state index contributed by atoms with van der Waals surface area (Å²) in [4.78, 5) is 25.9. The van der Waals surface area contributed by atoms with Gasteiger partial charge in [0.05, 0.1) is 18.1 Å². The van der Waals surface area contributed by atoms with Gasteiger partial charge in [0.15, 0.2) is 0 Å². The lowest BCUT2D eigenvalue weighted by Gasteiger charge is -2.73. The number of fused-ring (bicyclic) bond motifs is 7. The third-order valence-electron chi connectivity index (χ3n) is 17.0. The highest BCUT2D eigenvalue weighted by Crippen LogP contribution is 2.82. The topological polar surface area (TPSA) is 63.6 Å². The Balaban J connectivity index is 1.43. The van der Waals surface area contributed by atoms with Gasteiger partial charge in [-0.3, -0.25) is 4.79 Å². The first-order valence-electron chi connectivity index (χ1n) is 19.4. The number of benzene rings is 1. The summed E-state index contributed by atoms with van der Waals surface area (Å²) in [6.45, 7) is 32.0. The van der Waals surface area contributed by atoms with Gasteiger partial charge < -0.3 is 9.84 Å². The number of hydrogen-bond acceptors (Lipinski definition) is 3. The number of allylic oxidation sites excluding steroid dienone is 3. The van der Waals surface area contributed by atoms with Crippen LogP contribution in [0.15, 0.2) is 42.5 Å². The second kappa shape index (κ2) is 11.4. The second-order valence-corrected chi connectivity index (χ2v) is 23.5. The van der Waals surface area contributed by atoms with Crippen molar-refractivity contribution in [3.05, 3.63) is 53.6 Å². The number of rotatable bonds is 5. The molecule has 4 fully saturated rings. The Labute approximate surface area is 299 Å². The van der Waals surface area contributed by atoms with Crippen LogP contribution in [0, 0.1) is 62.1 Å². The van der Waals surface area contributed by atoms with Gasteiger partial charge in [0.1, 0.15) is 0 Å². The van der Waals surface area contributed by atoms with Crippen molar-refractivity contribution in [3.8, 4) is 0 Å². The van der Waals surface area contributed by atoms with Gasteiger partial charge in [0, 0.05) is 8.80 Å². The van der Waals surface area contributed by atoms with Gasteiger partial charge in [-0.25, -0.2) is 4.79 Å². The smallest absolute Gasteiger partial charge is 0.337 e. The van der Waals surface area contributed by atoms with Gasteiger partial charge in [-0.05, 0) is 143 Å². The number of methoxy groups -OCH3 is 1. The van der Waals surface area contributed by atoms with Gasteiger partial charge in [0.2, 0.25) is 0 Å². The van der Waals surface area contributed by atoms with Gasteiger partial charge in [-0.2, -0.15) is 0 Å². The third kappa shape index (κ3) is 4.64. The molecule has 0 aliphatic heterocycles. The molecule has 0 bridgehead atoms. The minimum absolute atomic E-state index is 0.00633. The van der Waals surface area contributed by atoms with Crippen LogP contribution in [0.2, 0.25) is 18.1 Å². The standard InChI is InChI=1S/C44H66O4Si/c1-27(2)44(49(12)13)34(38(3,4)5)26-43(37(46)47)25-24-41(9)31(35(43)44)18-19-33-40(8)22-20-30(28-14-16-29(17-15-28)36(45)48-11)39(6,7)32(40)21-23-42(33,41)10/h14-17,20,31-35,49H,1,18-19,21-26H2,2-13H3,(H,46,47)/t31-,32+,33-,34?,35-,40+,41-,42-,43+,44-/m1/s1. The largest absolute Gasteiger partial charge is 0.481 e. The van der Waals surface area contributed by atoms with Crippen LogP contribution < -0.4 is 0 Å². The average molecular weight is 687 g/mol. The molecule has 5 aliphatic rings. The summed E-state index contributed by atoms with van der Waals surface area (Å²) in [5.74, 6) is 1.22. The van der Waals surface area contributed by atoms with Crippen LogP contribution in [0.1, 0.15) is 130 Å². The zero-order valence-corrected chi connectivity index (χ0v) is 34.0. The summed E-state index contributed by atoms with van der Waals surface area (Å²) < 4.78 is 4.96. The zero-order valence-electron chi connectivity index (χ0n) is 32.9. The molecule has 4 nitrogen and oxygen atoms in total. The van der Waals surface area contributed by atoms with E-state index in [-0.39, 0.29) is 44.0 Å². The Kier molecular flexibility index (Phi) is 8.55. The summed E-state index contributed by atoms with van der Waals surface area (Å²) in [6, 6.07) is 8.03. The van der Waals surface area contributed by atoms with Crippen LogP contribution in [-0.2, 0) is 9.53 Å². The van der Waals surface area contributed by atoms with Crippen molar-refractivity contribution in [1.82, 2.24) is 0 Å². The van der Waals surface area contributed by atoms with E-state index in [2.05, 4.69) is 93.6 Å². The Hall–Kier alpha value is -2.14. The van der Waals surface area contributed by atoms with E-state index in [1.54, 1.807) is 0 Å². The first-order valence-corrected chi connectivity index (χ1v) is 22.3. The first-order chi connectivity index (χ1) is 22.6. The van der Waals surface area contributed by atoms with Crippen LogP contribution in [0.4, 0.5) is 0 Å². The molecule has 49 heavy (non-hydrogen) atoms. The lowest BCUT2D eigenvalue weighted by atomic mass is 9.32. The van der Waals surface area contributed by atoms with Crippen LogP contribution in [0.25, 0.3) is 5.57 Å². The normalized spacial score (nSPS) is 42.6. The van der Waals surface area contributed by atoms with E-state index in [0.29, 0.717) is 29.2 Å². The van der Waals surface area contributed by atoms with Crippen molar-refractivity contribution in [3.63, 3.8) is 0 Å². The molecule has 0 heterocycles. The molecule has 6 rings (SSSR count). The highest BCUT2D eigenvalue weighted by atomic mass is 28.3. The summed E-state index contributed by atoms with van der Waals surface area (Å²) >= 11 is 0. The van der Waals surface area contributed by atoms with Crippen LogP contribution >= 0.6 is 0 Å². The number of carboxylic acids is 1. The maximum Gasteiger partial charge on any atom is 0.337 e. The van der Waals surface area contributed by atoms with E-state index in [1.165, 1.54) is 43.1 Å². The van der Waals surface area contributed by atoms with Crippen LogP contribution in [0.3, 0.4) is 0 Å². The summed E-state index contributed by atoms with van der Waals surface area (Å²) in [5, 5.41) is 11.3. The Bertz CT molecular complexity index is 1560. The number of ether oxygens (including phenoxy) is 1. The minimum atomic E-state index is -1.41. The number of aliphatic carboxylic acids is 1. The highest BCUT2D eigenvalue weighted by Gasteiger charge is 2.77. The number of carbonyl (C=O) groups is 2. The average Bonchev–Trinajstić information content (AvgIpc) is 3.36. The molecule has 1 aromatic carbocycles. The fraction of sp³-hybridized carbons (Fsp3) is 0.727. The molecule has 10 atom stereocenters. The van der Waals surface area contributed by atoms with Crippen molar-refractivity contribution < 1.29 is 19.4 Å². The van der Waals surface area contributed by atoms with E-state index < -0.39 is 20.2 Å². The number of hydrogen-bond donors (Lipinski definition) is 1. The van der Waals surface area contributed by atoms with Crippen molar-refractivity contribution in [2.45, 2.75) is 132 Å². The molecule has 0 spiro atoms. The molecule has 1 aromatic rings. The highest BCUT2D eigenvalue weighted by molar-refractivity contribution is 6.61. The molecule has 1 N–H and O–H groups in total. The molecule has 0 amide bonds. The molecule has 0 saturated heterocycles. The Morgan fingerprint density at radius 3 is 2.08 bits per heavy atom. The maximum absolute atomic E-state index is 13.8. The summed E-state index contributed by atoms with van der Waals surface area (Å²) in [6.07, 6.45) is 11.0. The van der Waals surface area contributed by atoms with Gasteiger partial charge >= 0.3 is 11.9 Å². The first kappa shape index (κ1) is 36.6. The van der Waals surface area contributed by atoms with E-state index in [1.807, 2.05) is 12.1 Å². The summed E-state index contributed by atoms with van der Waals surface area (Å²) in [7, 11) is 0.0222. The van der Waals surface area contributed by atoms with E-state index >= 15 is 0 Å². The third-order valence-corrected chi connectivity index (χ3v) is 20.2. The van der Waals surface area contributed by atoms with Crippen molar-refractivity contribution >= 4 is 26.3 Å². The Morgan fingerprint density at radius 2 is 1.55 bits per heavy atom. The predicted molar refractivity (Wildman–Crippen MR) is 204 cm³/mol. The monoisotopic (exact) mass is 686 g/mol. The van der Waals surface area contributed by atoms with Crippen LogP contribution in [-0.4, -0.2) is 33.0 Å². The molecule has 5 aliphatic carbocycles. The molecule has 0 radical (unpaired) electrons. The molecule has 5 heteroatoms. The molecular weight excluding hydrogens is 621 g/mol. The van der Waals surface area contributed by atoms with Crippen molar-refractivity contribution in [1.29, 1.82) is 0 Å². The summed E-state index contributed by atoms with van der Waals surface area (Å²) in [5.41, 5.74) is 4.26. The number of esters is 1. The fourth-order valence-electron chi connectivity index (χ4n) is 14.9. The number of carbonyl (C=O) groups excluding carboxylic acids is 1. The van der Waals surface area contributed by atoms with Gasteiger partial charge in [-0.15, -0.1) is 0 Å². The van der Waals surface area contributed by atoms with E-state index in [0.717, 1.165) is 32.1 Å². The fourth-order valence-corrected chi connectivity index (χ4v) is 18.6. The van der Waals surface area contributed by atoms with Crippen molar-refractivity contribution in [2.75, 3.05) is 7.11 Å². The van der Waals surface area contributed by atoms with E-state index in [4.69, 9.17) is 11.3 Å². The predicted octanol–water partition coefficient (Wildman–Crippen LogP) is 11.1. The maximum atomic E-state index is 13.8. The second-order valence-electron chi connectivity index (χ2n) is 20.2. The number of carboxylic acid groups (broad SMARTS) is 1. The van der Waals surface area contributed by atoms with Gasteiger partial charge in [0.25, 0.3) is 0 Å². The molecule has 0 aromatic heterocycles.